The van der Waals surface area contributed by atoms with E-state index in [1.54, 1.807) is 18.4 Å². The van der Waals surface area contributed by atoms with Gasteiger partial charge in [0, 0.05) is 32.1 Å². The van der Waals surface area contributed by atoms with Crippen molar-refractivity contribution in [2.45, 2.75) is 12.8 Å². The average molecular weight is 459 g/mol. The molecule has 2 rings (SSSR count). The molecule has 0 unspecified atom stereocenters. The number of methoxy groups -OCH3 is 1. The molecule has 1 aromatic carbocycles. The van der Waals surface area contributed by atoms with Gasteiger partial charge in [0.15, 0.2) is 5.96 Å². The van der Waals surface area contributed by atoms with Crippen LogP contribution in [0.2, 0.25) is 0 Å². The molecule has 1 heterocycles. The van der Waals surface area contributed by atoms with Crippen molar-refractivity contribution in [2.75, 3.05) is 34.3 Å². The standard InChI is InChI=1S/C18H25N3OS.HI/c1-19-18(21(2)12-10-17-8-5-13-23-17)20-11-9-15-6-4-7-16(14-15)22-3;/h4-8,13-14H,9-12H2,1-3H3,(H,19,20);1H. The largest absolute Gasteiger partial charge is 0.497 e. The third kappa shape index (κ3) is 6.68. The second-order valence-corrected chi connectivity index (χ2v) is 6.36. The Balaban J connectivity index is 0.00000288. The molecule has 132 valence electrons. The van der Waals surface area contributed by atoms with Crippen LogP contribution < -0.4 is 10.1 Å². The number of guanidine groups is 1. The van der Waals surface area contributed by atoms with E-state index in [9.17, 15) is 0 Å². The first-order valence-corrected chi connectivity index (χ1v) is 8.68. The Morgan fingerprint density at radius 1 is 1.25 bits per heavy atom. The molecule has 0 aliphatic rings. The topological polar surface area (TPSA) is 36.9 Å². The van der Waals surface area contributed by atoms with Gasteiger partial charge in [-0.25, -0.2) is 0 Å². The predicted octanol–water partition coefficient (Wildman–Crippen LogP) is 3.67. The summed E-state index contributed by atoms with van der Waals surface area (Å²) in [6, 6.07) is 12.5. The van der Waals surface area contributed by atoms with E-state index >= 15 is 0 Å². The minimum atomic E-state index is 0. The molecule has 1 aromatic heterocycles. The number of hydrogen-bond donors (Lipinski definition) is 1. The summed E-state index contributed by atoms with van der Waals surface area (Å²) < 4.78 is 5.26. The lowest BCUT2D eigenvalue weighted by atomic mass is 10.1. The maximum atomic E-state index is 5.26. The van der Waals surface area contributed by atoms with Crippen LogP contribution in [0.25, 0.3) is 0 Å². The number of nitrogens with zero attached hydrogens (tertiary/aromatic N) is 2. The summed E-state index contributed by atoms with van der Waals surface area (Å²) in [4.78, 5) is 7.94. The maximum Gasteiger partial charge on any atom is 0.193 e. The summed E-state index contributed by atoms with van der Waals surface area (Å²) in [5, 5.41) is 5.55. The molecule has 24 heavy (non-hydrogen) atoms. The molecule has 0 radical (unpaired) electrons. The van der Waals surface area contributed by atoms with Gasteiger partial charge in [-0.2, -0.15) is 0 Å². The number of thiophene rings is 1. The van der Waals surface area contributed by atoms with Crippen LogP contribution in [0.1, 0.15) is 10.4 Å². The second kappa shape index (κ2) is 11.3. The Kier molecular flexibility index (Phi) is 9.78. The van der Waals surface area contributed by atoms with Crippen molar-refractivity contribution in [1.29, 1.82) is 0 Å². The van der Waals surface area contributed by atoms with Crippen LogP contribution >= 0.6 is 35.3 Å². The third-order valence-electron chi connectivity index (χ3n) is 3.68. The Morgan fingerprint density at radius 2 is 2.08 bits per heavy atom. The van der Waals surface area contributed by atoms with Crippen LogP contribution in [0.4, 0.5) is 0 Å². The van der Waals surface area contributed by atoms with E-state index in [1.165, 1.54) is 10.4 Å². The SMILES string of the molecule is CN=C(NCCc1cccc(OC)c1)N(C)CCc1cccs1.I. The molecule has 0 atom stereocenters. The highest BCUT2D eigenvalue weighted by molar-refractivity contribution is 14.0. The molecule has 0 saturated carbocycles. The normalized spacial score (nSPS) is 10.9. The lowest BCUT2D eigenvalue weighted by Crippen LogP contribution is -2.40. The summed E-state index contributed by atoms with van der Waals surface area (Å²) in [6.45, 7) is 1.81. The number of aliphatic imine (C=N–C) groups is 1. The van der Waals surface area contributed by atoms with Crippen molar-refractivity contribution in [1.82, 2.24) is 10.2 Å². The smallest absolute Gasteiger partial charge is 0.193 e. The number of ether oxygens (including phenoxy) is 1. The van der Waals surface area contributed by atoms with E-state index in [0.717, 1.165) is 37.6 Å². The molecular weight excluding hydrogens is 433 g/mol. The molecule has 0 aliphatic heterocycles. The van der Waals surface area contributed by atoms with E-state index in [1.807, 2.05) is 19.2 Å². The van der Waals surface area contributed by atoms with Crippen LogP contribution in [0, 0.1) is 0 Å². The van der Waals surface area contributed by atoms with E-state index in [2.05, 4.69) is 51.9 Å². The van der Waals surface area contributed by atoms with Crippen molar-refractivity contribution < 1.29 is 4.74 Å². The number of nitrogens with one attached hydrogen (secondary N) is 1. The molecule has 0 amide bonds. The van der Waals surface area contributed by atoms with Gasteiger partial charge in [0.1, 0.15) is 5.75 Å². The first-order valence-electron chi connectivity index (χ1n) is 7.80. The molecule has 0 fully saturated rings. The van der Waals surface area contributed by atoms with Crippen molar-refractivity contribution in [3.63, 3.8) is 0 Å². The summed E-state index contributed by atoms with van der Waals surface area (Å²) in [5.74, 6) is 1.84. The van der Waals surface area contributed by atoms with Crippen molar-refractivity contribution in [3.8, 4) is 5.75 Å². The first-order chi connectivity index (χ1) is 11.2. The average Bonchev–Trinajstić information content (AvgIpc) is 3.10. The highest BCUT2D eigenvalue weighted by Crippen LogP contribution is 2.12. The summed E-state index contributed by atoms with van der Waals surface area (Å²) in [5.41, 5.74) is 1.26. The fourth-order valence-electron chi connectivity index (χ4n) is 2.37. The summed E-state index contributed by atoms with van der Waals surface area (Å²) in [6.07, 6.45) is 1.99. The first kappa shape index (κ1) is 20.8. The van der Waals surface area contributed by atoms with Crippen LogP contribution in [-0.4, -0.2) is 45.2 Å². The van der Waals surface area contributed by atoms with E-state index in [0.29, 0.717) is 0 Å². The zero-order valence-corrected chi connectivity index (χ0v) is 17.6. The van der Waals surface area contributed by atoms with Gasteiger partial charge in [-0.15, -0.1) is 35.3 Å². The van der Waals surface area contributed by atoms with Gasteiger partial charge in [-0.1, -0.05) is 18.2 Å². The van der Waals surface area contributed by atoms with Crippen molar-refractivity contribution in [3.05, 3.63) is 52.2 Å². The minimum absolute atomic E-state index is 0. The lowest BCUT2D eigenvalue weighted by molar-refractivity contribution is 0.414. The number of likely N-dealkylation sites (N-methyl/N-ethyl adjacent to an activating group) is 1. The van der Waals surface area contributed by atoms with Crippen LogP contribution in [0.5, 0.6) is 5.75 Å². The number of benzene rings is 1. The van der Waals surface area contributed by atoms with Crippen LogP contribution in [0.3, 0.4) is 0 Å². The van der Waals surface area contributed by atoms with Gasteiger partial charge >= 0.3 is 0 Å². The molecule has 0 aliphatic carbocycles. The zero-order chi connectivity index (χ0) is 16.5. The molecule has 4 nitrogen and oxygen atoms in total. The van der Waals surface area contributed by atoms with Gasteiger partial charge in [-0.05, 0) is 42.0 Å². The Hall–Kier alpha value is -1.28. The highest BCUT2D eigenvalue weighted by atomic mass is 127. The molecule has 0 spiro atoms. The van der Waals surface area contributed by atoms with Gasteiger partial charge in [0.2, 0.25) is 0 Å². The molecule has 0 saturated heterocycles. The zero-order valence-electron chi connectivity index (χ0n) is 14.5. The number of hydrogen-bond acceptors (Lipinski definition) is 3. The number of halogens is 1. The van der Waals surface area contributed by atoms with E-state index < -0.39 is 0 Å². The minimum Gasteiger partial charge on any atom is -0.497 e. The van der Waals surface area contributed by atoms with Crippen LogP contribution in [0.15, 0.2) is 46.8 Å². The number of rotatable bonds is 7. The Labute approximate surface area is 166 Å². The third-order valence-corrected chi connectivity index (χ3v) is 4.61. The van der Waals surface area contributed by atoms with E-state index in [4.69, 9.17) is 4.74 Å². The fraction of sp³-hybridized carbons (Fsp3) is 0.389. The van der Waals surface area contributed by atoms with Gasteiger partial charge in [-0.3, -0.25) is 4.99 Å². The highest BCUT2D eigenvalue weighted by Gasteiger charge is 2.06. The quantitative estimate of drug-likeness (QED) is 0.390. The van der Waals surface area contributed by atoms with Crippen molar-refractivity contribution >= 4 is 41.3 Å². The molecule has 2 aromatic rings. The second-order valence-electron chi connectivity index (χ2n) is 5.33. The molecule has 6 heteroatoms. The molecule has 0 bridgehead atoms. The van der Waals surface area contributed by atoms with Gasteiger partial charge < -0.3 is 15.0 Å². The predicted molar refractivity (Wildman–Crippen MR) is 114 cm³/mol. The van der Waals surface area contributed by atoms with Crippen LogP contribution in [-0.2, 0) is 12.8 Å². The molecule has 1 N–H and O–H groups in total. The van der Waals surface area contributed by atoms with Gasteiger partial charge in [0.05, 0.1) is 7.11 Å². The Bertz CT molecular complexity index is 616. The Morgan fingerprint density at radius 3 is 2.75 bits per heavy atom. The van der Waals surface area contributed by atoms with Gasteiger partial charge in [0.25, 0.3) is 0 Å². The lowest BCUT2D eigenvalue weighted by Gasteiger charge is -2.21. The molecular formula is C18H26IN3OS. The fourth-order valence-corrected chi connectivity index (χ4v) is 3.07. The monoisotopic (exact) mass is 459 g/mol. The summed E-state index contributed by atoms with van der Waals surface area (Å²) >= 11 is 1.80. The maximum absolute atomic E-state index is 5.26. The summed E-state index contributed by atoms with van der Waals surface area (Å²) in [7, 11) is 5.60. The van der Waals surface area contributed by atoms with Crippen molar-refractivity contribution in [2.24, 2.45) is 4.99 Å². The van der Waals surface area contributed by atoms with E-state index in [-0.39, 0.29) is 24.0 Å².